The summed E-state index contributed by atoms with van der Waals surface area (Å²) >= 11 is 0. The lowest BCUT2D eigenvalue weighted by molar-refractivity contribution is 0.165. The molecule has 2 rings (SSSR count). The molecule has 1 aromatic rings. The predicted molar refractivity (Wildman–Crippen MR) is 84.7 cm³/mol. The Morgan fingerprint density at radius 1 is 1.38 bits per heavy atom. The molecule has 2 heterocycles. The topological polar surface area (TPSA) is 43.4 Å². The predicted octanol–water partition coefficient (Wildman–Crippen LogP) is 2.90. The van der Waals surface area contributed by atoms with Gasteiger partial charge in [0, 0.05) is 30.6 Å². The average Bonchev–Trinajstić information content (AvgIpc) is 2.95. The second kappa shape index (κ2) is 7.23. The molecule has 0 amide bonds. The van der Waals surface area contributed by atoms with Crippen LogP contribution >= 0.6 is 0 Å². The minimum atomic E-state index is 0.0246. The van der Waals surface area contributed by atoms with E-state index in [9.17, 15) is 0 Å². The smallest absolute Gasteiger partial charge is 0.213 e. The summed E-state index contributed by atoms with van der Waals surface area (Å²) in [5.74, 6) is 1.24. The van der Waals surface area contributed by atoms with E-state index in [1.807, 2.05) is 6.07 Å². The quantitative estimate of drug-likeness (QED) is 0.875. The first-order valence-corrected chi connectivity index (χ1v) is 7.91. The average molecular weight is 292 g/mol. The van der Waals surface area contributed by atoms with Crippen molar-refractivity contribution in [2.75, 3.05) is 26.4 Å². The van der Waals surface area contributed by atoms with Crippen molar-refractivity contribution in [2.45, 2.75) is 46.1 Å². The van der Waals surface area contributed by atoms with Crippen molar-refractivity contribution in [1.82, 2.24) is 10.3 Å². The summed E-state index contributed by atoms with van der Waals surface area (Å²) in [4.78, 5) is 4.68. The van der Waals surface area contributed by atoms with Gasteiger partial charge in [0.25, 0.3) is 0 Å². The molecular formula is C17H28N2O2. The molecule has 0 radical (unpaired) electrons. The van der Waals surface area contributed by atoms with Gasteiger partial charge in [0.15, 0.2) is 0 Å². The van der Waals surface area contributed by atoms with Crippen molar-refractivity contribution in [3.63, 3.8) is 0 Å². The Labute approximate surface area is 128 Å². The second-order valence-electron chi connectivity index (χ2n) is 6.77. The summed E-state index contributed by atoms with van der Waals surface area (Å²) in [5, 5.41) is 3.36. The highest BCUT2D eigenvalue weighted by molar-refractivity contribution is 5.28. The van der Waals surface area contributed by atoms with E-state index >= 15 is 0 Å². The number of hydrogen-bond acceptors (Lipinski definition) is 4. The lowest BCUT2D eigenvalue weighted by Gasteiger charge is -2.20. The fourth-order valence-electron chi connectivity index (χ4n) is 2.31. The molecular weight excluding hydrogens is 264 g/mol. The summed E-state index contributed by atoms with van der Waals surface area (Å²) < 4.78 is 11.3. The number of pyridine rings is 1. The number of aromatic nitrogens is 1. The fraction of sp³-hybridized carbons (Fsp3) is 0.706. The zero-order valence-electron chi connectivity index (χ0n) is 13.7. The van der Waals surface area contributed by atoms with E-state index in [2.05, 4.69) is 44.1 Å². The van der Waals surface area contributed by atoms with Crippen LogP contribution in [0.2, 0.25) is 0 Å². The minimum absolute atomic E-state index is 0.0246. The van der Waals surface area contributed by atoms with Gasteiger partial charge < -0.3 is 14.8 Å². The molecule has 1 fully saturated rings. The first kappa shape index (κ1) is 16.2. The van der Waals surface area contributed by atoms with E-state index in [-0.39, 0.29) is 5.41 Å². The Hall–Kier alpha value is -1.13. The van der Waals surface area contributed by atoms with Crippen LogP contribution in [0.5, 0.6) is 5.88 Å². The third kappa shape index (κ3) is 4.97. The summed E-state index contributed by atoms with van der Waals surface area (Å²) in [5.41, 5.74) is 2.33. The summed E-state index contributed by atoms with van der Waals surface area (Å²) in [7, 11) is 0. The number of nitrogens with zero attached hydrogens (tertiary/aromatic N) is 1. The molecule has 0 saturated carbocycles. The van der Waals surface area contributed by atoms with Crippen LogP contribution in [0.25, 0.3) is 0 Å². The van der Waals surface area contributed by atoms with Gasteiger partial charge in [-0.2, -0.15) is 0 Å². The zero-order chi connectivity index (χ0) is 15.3. The van der Waals surface area contributed by atoms with Crippen LogP contribution < -0.4 is 10.1 Å². The van der Waals surface area contributed by atoms with Crippen LogP contribution in [0.15, 0.2) is 12.1 Å². The molecule has 1 saturated heterocycles. The fourth-order valence-corrected chi connectivity index (χ4v) is 2.31. The Kier molecular flexibility index (Phi) is 5.59. The van der Waals surface area contributed by atoms with Crippen LogP contribution in [0, 0.1) is 5.92 Å². The molecule has 1 N–H and O–H groups in total. The Morgan fingerprint density at radius 3 is 2.81 bits per heavy atom. The number of rotatable bonds is 6. The molecule has 0 bridgehead atoms. The first-order chi connectivity index (χ1) is 9.99. The number of hydrogen-bond donors (Lipinski definition) is 1. The molecule has 1 unspecified atom stereocenters. The monoisotopic (exact) mass is 292 g/mol. The highest BCUT2D eigenvalue weighted by Gasteiger charge is 2.19. The first-order valence-electron chi connectivity index (χ1n) is 7.91. The maximum Gasteiger partial charge on any atom is 0.213 e. The Balaban J connectivity index is 2.09. The van der Waals surface area contributed by atoms with Crippen molar-refractivity contribution in [3.8, 4) is 5.88 Å². The molecule has 1 aliphatic rings. The van der Waals surface area contributed by atoms with E-state index in [1.165, 1.54) is 5.56 Å². The summed E-state index contributed by atoms with van der Waals surface area (Å²) in [6.45, 7) is 12.8. The largest absolute Gasteiger partial charge is 0.477 e. The SMILES string of the molecule is CCNCc1cc(OCC2CCOC2)nc(C(C)(C)C)c1. The maximum absolute atomic E-state index is 5.93. The molecule has 0 aromatic carbocycles. The van der Waals surface area contributed by atoms with Crippen molar-refractivity contribution in [1.29, 1.82) is 0 Å². The Morgan fingerprint density at radius 2 is 2.19 bits per heavy atom. The van der Waals surface area contributed by atoms with Crippen LogP contribution in [0.1, 0.15) is 45.4 Å². The second-order valence-corrected chi connectivity index (χ2v) is 6.77. The summed E-state index contributed by atoms with van der Waals surface area (Å²) in [6, 6.07) is 4.22. The van der Waals surface area contributed by atoms with Gasteiger partial charge in [0.2, 0.25) is 5.88 Å². The van der Waals surface area contributed by atoms with E-state index < -0.39 is 0 Å². The van der Waals surface area contributed by atoms with E-state index in [4.69, 9.17) is 9.47 Å². The van der Waals surface area contributed by atoms with Gasteiger partial charge in [0.1, 0.15) is 0 Å². The van der Waals surface area contributed by atoms with Crippen LogP contribution in [-0.4, -0.2) is 31.3 Å². The third-order valence-electron chi connectivity index (χ3n) is 3.70. The van der Waals surface area contributed by atoms with E-state index in [0.717, 1.165) is 44.3 Å². The van der Waals surface area contributed by atoms with Crippen molar-refractivity contribution < 1.29 is 9.47 Å². The van der Waals surface area contributed by atoms with Crippen molar-refractivity contribution in [3.05, 3.63) is 23.4 Å². The highest BCUT2D eigenvalue weighted by Crippen LogP contribution is 2.25. The molecule has 0 spiro atoms. The van der Waals surface area contributed by atoms with Crippen LogP contribution in [0.4, 0.5) is 0 Å². The van der Waals surface area contributed by atoms with Crippen LogP contribution in [-0.2, 0) is 16.7 Å². The lowest BCUT2D eigenvalue weighted by Crippen LogP contribution is -2.18. The molecule has 1 aliphatic heterocycles. The number of nitrogens with one attached hydrogen (secondary N) is 1. The van der Waals surface area contributed by atoms with Crippen molar-refractivity contribution in [2.24, 2.45) is 5.92 Å². The normalized spacial score (nSPS) is 19.0. The molecule has 118 valence electrons. The Bertz CT molecular complexity index is 449. The van der Waals surface area contributed by atoms with Gasteiger partial charge in [-0.3, -0.25) is 0 Å². The zero-order valence-corrected chi connectivity index (χ0v) is 13.7. The van der Waals surface area contributed by atoms with Gasteiger partial charge in [-0.05, 0) is 24.6 Å². The minimum Gasteiger partial charge on any atom is -0.477 e. The number of ether oxygens (including phenoxy) is 2. The van der Waals surface area contributed by atoms with E-state index in [1.54, 1.807) is 0 Å². The molecule has 0 aliphatic carbocycles. The van der Waals surface area contributed by atoms with Crippen LogP contribution in [0.3, 0.4) is 0 Å². The molecule has 21 heavy (non-hydrogen) atoms. The van der Waals surface area contributed by atoms with Gasteiger partial charge in [-0.15, -0.1) is 0 Å². The van der Waals surface area contributed by atoms with Gasteiger partial charge in [0.05, 0.1) is 18.9 Å². The molecule has 1 atom stereocenters. The molecule has 1 aromatic heterocycles. The molecule has 4 nitrogen and oxygen atoms in total. The van der Waals surface area contributed by atoms with Crippen molar-refractivity contribution >= 4 is 0 Å². The summed E-state index contributed by atoms with van der Waals surface area (Å²) in [6.07, 6.45) is 1.09. The van der Waals surface area contributed by atoms with Gasteiger partial charge in [-0.1, -0.05) is 27.7 Å². The molecule has 4 heteroatoms. The standard InChI is InChI=1S/C17H28N2O2/c1-5-18-10-14-8-15(17(2,3)4)19-16(9-14)21-12-13-6-7-20-11-13/h8-9,13,18H,5-7,10-12H2,1-4H3. The van der Waals surface area contributed by atoms with Gasteiger partial charge >= 0.3 is 0 Å². The third-order valence-corrected chi connectivity index (χ3v) is 3.70. The lowest BCUT2D eigenvalue weighted by atomic mass is 9.91. The maximum atomic E-state index is 5.93. The highest BCUT2D eigenvalue weighted by atomic mass is 16.5. The van der Waals surface area contributed by atoms with Gasteiger partial charge in [-0.25, -0.2) is 4.98 Å². The van der Waals surface area contributed by atoms with E-state index in [0.29, 0.717) is 12.5 Å².